The number of nitrogens with two attached hydrogens (primary N) is 1. The number of hydrogen-bond acceptors (Lipinski definition) is 6. The Morgan fingerprint density at radius 2 is 1.53 bits per heavy atom. The van der Waals surface area contributed by atoms with Crippen LogP contribution in [0.25, 0.3) is 22.0 Å². The van der Waals surface area contributed by atoms with Crippen LogP contribution < -0.4 is 11.1 Å². The molecular weight excluding hydrogens is 639 g/mol. The molecule has 2 aromatic heterocycles. The number of hydrogen-bond donors (Lipinski definition) is 5. The second-order valence-electron chi connectivity index (χ2n) is 9.56. The number of halogens is 7. The Hall–Kier alpha value is -5.67. The van der Waals surface area contributed by atoms with Crippen molar-refractivity contribution in [2.45, 2.75) is 31.7 Å². The molecule has 6 N–H and O–H groups in total. The van der Waals surface area contributed by atoms with Gasteiger partial charge in [-0.25, -0.2) is 23.9 Å². The molecule has 0 aliphatic heterocycles. The van der Waals surface area contributed by atoms with Crippen molar-refractivity contribution in [3.63, 3.8) is 0 Å². The summed E-state index contributed by atoms with van der Waals surface area (Å²) in [6, 6.07) is 22.4. The highest BCUT2D eigenvalue weighted by Crippen LogP contribution is 2.31. The normalized spacial score (nSPS) is 11.8. The van der Waals surface area contributed by atoms with Crippen LogP contribution in [-0.2, 0) is 16.0 Å². The summed E-state index contributed by atoms with van der Waals surface area (Å²) < 4.78 is 78.5. The topological polar surface area (TPSA) is 154 Å². The molecule has 0 fully saturated rings. The first-order valence-electron chi connectivity index (χ1n) is 13.4. The largest absolute Gasteiger partial charge is 0.490 e. The quantitative estimate of drug-likeness (QED) is 0.118. The van der Waals surface area contributed by atoms with E-state index in [1.54, 1.807) is 6.20 Å². The minimum atomic E-state index is -5.08. The van der Waals surface area contributed by atoms with E-state index in [2.05, 4.69) is 22.2 Å². The van der Waals surface area contributed by atoms with Crippen LogP contribution in [0.3, 0.4) is 0 Å². The van der Waals surface area contributed by atoms with Gasteiger partial charge in [0.05, 0.1) is 5.69 Å². The lowest BCUT2D eigenvalue weighted by atomic mass is 10.0. The van der Waals surface area contributed by atoms with Crippen molar-refractivity contribution < 1.29 is 50.5 Å². The minimum absolute atomic E-state index is 0.281. The molecule has 0 radical (unpaired) electrons. The number of aryl methyl sites for hydroxylation is 1. The van der Waals surface area contributed by atoms with Crippen LogP contribution in [0.5, 0.6) is 0 Å². The number of pyridine rings is 1. The monoisotopic (exact) mass is 665 g/mol. The maximum absolute atomic E-state index is 15.1. The molecule has 0 saturated heterocycles. The van der Waals surface area contributed by atoms with Crippen LogP contribution in [0.1, 0.15) is 29.9 Å². The van der Waals surface area contributed by atoms with Crippen LogP contribution in [0.15, 0.2) is 85.2 Å². The van der Waals surface area contributed by atoms with Gasteiger partial charge in [-0.2, -0.15) is 26.3 Å². The number of nitrogens with one attached hydrogen (secondary N) is 2. The van der Waals surface area contributed by atoms with Crippen molar-refractivity contribution in [2.24, 2.45) is 0 Å². The lowest BCUT2D eigenvalue weighted by Gasteiger charge is -2.20. The molecule has 0 saturated carbocycles. The molecule has 0 aliphatic rings. The van der Waals surface area contributed by atoms with Crippen molar-refractivity contribution in [2.75, 3.05) is 11.1 Å². The van der Waals surface area contributed by atoms with Gasteiger partial charge in [-0.05, 0) is 47.7 Å². The number of imidazole rings is 1. The van der Waals surface area contributed by atoms with E-state index in [4.69, 9.17) is 30.5 Å². The number of anilines is 2. The smallest absolute Gasteiger partial charge is 0.475 e. The van der Waals surface area contributed by atoms with Crippen molar-refractivity contribution in [3.05, 3.63) is 108 Å². The van der Waals surface area contributed by atoms with E-state index in [0.29, 0.717) is 17.2 Å². The van der Waals surface area contributed by atoms with Gasteiger partial charge < -0.3 is 26.2 Å². The molecule has 248 valence electrons. The summed E-state index contributed by atoms with van der Waals surface area (Å²) in [4.78, 5) is 30.0. The average Bonchev–Trinajstić information content (AvgIpc) is 3.51. The lowest BCUT2D eigenvalue weighted by Crippen LogP contribution is -2.21. The summed E-state index contributed by atoms with van der Waals surface area (Å²) >= 11 is 0. The summed E-state index contributed by atoms with van der Waals surface area (Å²) in [6.45, 7) is 2.06. The lowest BCUT2D eigenvalue weighted by molar-refractivity contribution is -0.193. The maximum atomic E-state index is 15.1. The number of aliphatic carboxylic acids is 2. The molecule has 47 heavy (non-hydrogen) atoms. The molecule has 0 unspecified atom stereocenters. The molecule has 3 aromatic carbocycles. The fourth-order valence-electron chi connectivity index (χ4n) is 4.03. The van der Waals surface area contributed by atoms with E-state index in [0.717, 1.165) is 39.7 Å². The Bertz CT molecular complexity index is 1800. The van der Waals surface area contributed by atoms with Crippen molar-refractivity contribution >= 4 is 34.2 Å². The van der Waals surface area contributed by atoms with Gasteiger partial charge in [0.1, 0.15) is 23.5 Å². The third-order valence-corrected chi connectivity index (χ3v) is 6.31. The second kappa shape index (κ2) is 15.1. The van der Waals surface area contributed by atoms with Gasteiger partial charge >= 0.3 is 24.3 Å². The number of aromatic nitrogens is 3. The fourth-order valence-corrected chi connectivity index (χ4v) is 4.03. The first-order valence-corrected chi connectivity index (χ1v) is 13.4. The number of nitrogen functional groups attached to an aromatic ring is 1. The van der Waals surface area contributed by atoms with E-state index in [9.17, 15) is 26.3 Å². The predicted molar refractivity (Wildman–Crippen MR) is 159 cm³/mol. The van der Waals surface area contributed by atoms with Gasteiger partial charge in [-0.15, -0.1) is 0 Å². The average molecular weight is 666 g/mol. The predicted octanol–water partition coefficient (Wildman–Crippen LogP) is 7.38. The second-order valence-corrected chi connectivity index (χ2v) is 9.56. The van der Waals surface area contributed by atoms with E-state index >= 15 is 4.39 Å². The third kappa shape index (κ3) is 9.91. The summed E-state index contributed by atoms with van der Waals surface area (Å²) in [5.74, 6) is -4.68. The number of nitrogens with zero attached hydrogens (tertiary/aromatic N) is 2. The van der Waals surface area contributed by atoms with Crippen LogP contribution in [0.4, 0.5) is 42.2 Å². The van der Waals surface area contributed by atoms with E-state index in [-0.39, 0.29) is 5.82 Å². The van der Waals surface area contributed by atoms with Gasteiger partial charge in [0.2, 0.25) is 0 Å². The van der Waals surface area contributed by atoms with Crippen LogP contribution in [-0.4, -0.2) is 49.5 Å². The number of carboxylic acid groups (broad SMARTS) is 2. The van der Waals surface area contributed by atoms with E-state index in [1.807, 2.05) is 72.9 Å². The highest BCUT2D eigenvalue weighted by atomic mass is 19.4. The first-order chi connectivity index (χ1) is 22.0. The number of carboxylic acids is 2. The number of benzene rings is 3. The maximum Gasteiger partial charge on any atom is 0.490 e. The van der Waals surface area contributed by atoms with Gasteiger partial charge in [-0.3, -0.25) is 0 Å². The van der Waals surface area contributed by atoms with E-state index < -0.39 is 30.3 Å². The number of H-pyrrole nitrogens is 1. The zero-order chi connectivity index (χ0) is 34.9. The molecule has 2 heterocycles. The number of rotatable bonds is 6. The van der Waals surface area contributed by atoms with Gasteiger partial charge in [0.25, 0.3) is 0 Å². The zero-order valence-electron chi connectivity index (χ0n) is 24.2. The van der Waals surface area contributed by atoms with Crippen LogP contribution in [0, 0.1) is 5.82 Å². The molecule has 0 bridgehead atoms. The Morgan fingerprint density at radius 1 is 0.915 bits per heavy atom. The van der Waals surface area contributed by atoms with Gasteiger partial charge in [0.15, 0.2) is 0 Å². The third-order valence-electron chi connectivity index (χ3n) is 6.31. The number of aromatic amines is 1. The first kappa shape index (κ1) is 35.8. The molecule has 0 amide bonds. The molecule has 0 spiro atoms. The zero-order valence-corrected chi connectivity index (χ0v) is 24.2. The molecule has 0 aliphatic carbocycles. The minimum Gasteiger partial charge on any atom is -0.475 e. The Morgan fingerprint density at radius 3 is 2.11 bits per heavy atom. The molecule has 9 nitrogen and oxygen atoms in total. The Labute approximate surface area is 261 Å². The highest BCUT2D eigenvalue weighted by Gasteiger charge is 2.38. The van der Waals surface area contributed by atoms with Gasteiger partial charge in [-0.1, -0.05) is 49.4 Å². The van der Waals surface area contributed by atoms with E-state index in [1.165, 1.54) is 6.07 Å². The molecule has 1 atom stereocenters. The Balaban J connectivity index is 0.000000360. The number of fused-ring (bicyclic) bond motifs is 1. The highest BCUT2D eigenvalue weighted by molar-refractivity contribution is 5.93. The Kier molecular flexibility index (Phi) is 11.5. The van der Waals surface area contributed by atoms with Gasteiger partial charge in [0, 0.05) is 34.6 Å². The molecule has 5 aromatic rings. The summed E-state index contributed by atoms with van der Waals surface area (Å²) in [5.41, 5.74) is 10.2. The molecular formula is C31H26F7N5O4. The molecule has 16 heteroatoms. The SMILES string of the molecule is CCc1ccc(F)c([C@H](Nc2ccc3c(N)nccc3c2)c2nc(-c3ccccc3)c[nH]2)c1.O=C(O)C(F)(F)F.O=C(O)C(F)(F)F. The fraction of sp³-hybridized carbons (Fsp3) is 0.161. The molecule has 5 rings (SSSR count). The summed E-state index contributed by atoms with van der Waals surface area (Å²) in [6.07, 6.45) is -5.81. The summed E-state index contributed by atoms with van der Waals surface area (Å²) in [5, 5.41) is 19.6. The van der Waals surface area contributed by atoms with Crippen LogP contribution >= 0.6 is 0 Å². The standard InChI is InChI=1S/C27H24FN5.2C2HF3O2/c1-2-17-8-11-23(28)22(14-17)25(27-31-16-24(33-27)18-6-4-3-5-7-18)32-20-9-10-21-19(15-20)12-13-30-26(21)29;2*3-2(4,5)1(6)7/h3-16,25,32H,2H2,1H3,(H2,29,30)(H,31,33);2*(H,6,7)/t25-;;/m0../s1. The van der Waals surface area contributed by atoms with Crippen molar-refractivity contribution in [1.82, 2.24) is 15.0 Å². The van der Waals surface area contributed by atoms with Crippen molar-refractivity contribution in [1.29, 1.82) is 0 Å². The summed E-state index contributed by atoms with van der Waals surface area (Å²) in [7, 11) is 0. The number of carbonyl (C=O) groups is 2. The van der Waals surface area contributed by atoms with Crippen molar-refractivity contribution in [3.8, 4) is 11.3 Å². The number of alkyl halides is 6. The van der Waals surface area contributed by atoms with Crippen LogP contribution in [0.2, 0.25) is 0 Å².